The van der Waals surface area contributed by atoms with Crippen molar-refractivity contribution in [1.82, 2.24) is 9.80 Å². The van der Waals surface area contributed by atoms with Crippen LogP contribution in [0.15, 0.2) is 60.0 Å². The number of imide groups is 1. The summed E-state index contributed by atoms with van der Waals surface area (Å²) in [5.74, 6) is -0.341. The molecule has 1 aliphatic heterocycles. The number of rotatable bonds is 7. The lowest BCUT2D eigenvalue weighted by Crippen LogP contribution is -2.30. The van der Waals surface area contributed by atoms with E-state index in [4.69, 9.17) is 4.74 Å². The van der Waals surface area contributed by atoms with Gasteiger partial charge in [-0.25, -0.2) is 0 Å². The van der Waals surface area contributed by atoms with E-state index in [-0.39, 0.29) is 24.3 Å². The van der Waals surface area contributed by atoms with Crippen LogP contribution in [-0.4, -0.2) is 41.2 Å². The molecule has 158 valence electrons. The number of carbonyl (C=O) groups is 3. The summed E-state index contributed by atoms with van der Waals surface area (Å²) in [6, 6.07) is 15.9. The Hall–Kier alpha value is -3.45. The van der Waals surface area contributed by atoms with Crippen molar-refractivity contribution in [2.75, 3.05) is 13.7 Å². The van der Waals surface area contributed by atoms with E-state index in [1.165, 1.54) is 4.90 Å². The molecule has 6 nitrogen and oxygen atoms in total. The monoisotopic (exact) mass is 434 g/mol. The normalized spacial score (nSPS) is 12.8. The lowest BCUT2D eigenvalue weighted by atomic mass is 10.1. The van der Waals surface area contributed by atoms with Crippen molar-refractivity contribution < 1.29 is 19.1 Å². The third-order valence-corrected chi connectivity index (χ3v) is 5.97. The maximum Gasteiger partial charge on any atom is 0.261 e. The lowest BCUT2D eigenvalue weighted by molar-refractivity contribution is 0.0642. The lowest BCUT2D eigenvalue weighted by Gasteiger charge is -2.20. The van der Waals surface area contributed by atoms with Crippen LogP contribution in [0.4, 0.5) is 0 Å². The third kappa shape index (κ3) is 4.09. The van der Waals surface area contributed by atoms with Crippen LogP contribution in [0.1, 0.15) is 48.4 Å². The molecular formula is C24H22N2O4S. The Kier molecular flexibility index (Phi) is 5.86. The van der Waals surface area contributed by atoms with Gasteiger partial charge in [-0.3, -0.25) is 19.3 Å². The van der Waals surface area contributed by atoms with Crippen LogP contribution in [-0.2, 0) is 13.1 Å². The highest BCUT2D eigenvalue weighted by Gasteiger charge is 2.35. The number of nitrogens with zero attached hydrogens (tertiary/aromatic N) is 2. The minimum absolute atomic E-state index is 0.0909. The van der Waals surface area contributed by atoms with Crippen LogP contribution in [0.5, 0.6) is 5.75 Å². The van der Waals surface area contributed by atoms with Crippen LogP contribution in [0.25, 0.3) is 0 Å². The molecule has 0 radical (unpaired) electrons. The molecule has 4 rings (SSSR count). The van der Waals surface area contributed by atoms with Crippen LogP contribution in [0.2, 0.25) is 0 Å². The van der Waals surface area contributed by atoms with E-state index in [9.17, 15) is 14.4 Å². The number of hydrogen-bond donors (Lipinski definition) is 0. The largest absolute Gasteiger partial charge is 0.493 e. The Balaban J connectivity index is 1.59. The SMILES string of the molecule is CCOc1ccc(CN2C(=O)c3ccccc3C2=O)cc1C(=O)N(C)Cc1cccs1. The highest BCUT2D eigenvalue weighted by atomic mass is 32.1. The molecule has 3 aromatic rings. The molecule has 1 aliphatic rings. The second-order valence-electron chi connectivity index (χ2n) is 7.25. The average molecular weight is 435 g/mol. The van der Waals surface area contributed by atoms with Gasteiger partial charge in [0.15, 0.2) is 0 Å². The maximum absolute atomic E-state index is 13.2. The molecule has 3 amide bonds. The van der Waals surface area contributed by atoms with Gasteiger partial charge in [0.25, 0.3) is 17.7 Å². The van der Waals surface area contributed by atoms with Crippen molar-refractivity contribution in [2.24, 2.45) is 0 Å². The minimum atomic E-state index is -0.322. The molecule has 1 aromatic heterocycles. The number of ether oxygens (including phenoxy) is 1. The summed E-state index contributed by atoms with van der Waals surface area (Å²) in [6.07, 6.45) is 0. The van der Waals surface area contributed by atoms with E-state index in [0.29, 0.717) is 41.2 Å². The fraction of sp³-hybridized carbons (Fsp3) is 0.208. The summed E-state index contributed by atoms with van der Waals surface area (Å²) < 4.78 is 5.67. The molecule has 0 fully saturated rings. The number of carbonyl (C=O) groups excluding carboxylic acids is 3. The van der Waals surface area contributed by atoms with Gasteiger partial charge in [0, 0.05) is 11.9 Å². The zero-order valence-corrected chi connectivity index (χ0v) is 18.1. The second kappa shape index (κ2) is 8.73. The van der Waals surface area contributed by atoms with Gasteiger partial charge in [-0.2, -0.15) is 0 Å². The number of amides is 3. The molecule has 0 atom stereocenters. The highest BCUT2D eigenvalue weighted by Crippen LogP contribution is 2.27. The van der Waals surface area contributed by atoms with E-state index in [0.717, 1.165) is 4.88 Å². The fourth-order valence-corrected chi connectivity index (χ4v) is 4.36. The first kappa shape index (κ1) is 20.8. The van der Waals surface area contributed by atoms with Crippen molar-refractivity contribution in [2.45, 2.75) is 20.0 Å². The van der Waals surface area contributed by atoms with Crippen LogP contribution in [0.3, 0.4) is 0 Å². The van der Waals surface area contributed by atoms with Crippen LogP contribution < -0.4 is 4.74 Å². The van der Waals surface area contributed by atoms with Crippen molar-refractivity contribution >= 4 is 29.1 Å². The Morgan fingerprint density at radius 2 is 1.74 bits per heavy atom. The fourth-order valence-electron chi connectivity index (χ4n) is 3.60. The molecule has 2 heterocycles. The first-order chi connectivity index (χ1) is 15.0. The first-order valence-corrected chi connectivity index (χ1v) is 10.9. The molecule has 0 saturated carbocycles. The Labute approximate surface area is 184 Å². The Morgan fingerprint density at radius 1 is 1.03 bits per heavy atom. The molecule has 0 N–H and O–H groups in total. The van der Waals surface area contributed by atoms with E-state index in [1.54, 1.807) is 65.7 Å². The molecule has 2 aromatic carbocycles. The molecule has 0 saturated heterocycles. The zero-order valence-electron chi connectivity index (χ0n) is 17.3. The summed E-state index contributed by atoms with van der Waals surface area (Å²) >= 11 is 1.59. The summed E-state index contributed by atoms with van der Waals surface area (Å²) in [6.45, 7) is 2.86. The number of hydrogen-bond acceptors (Lipinski definition) is 5. The average Bonchev–Trinajstić information content (AvgIpc) is 3.37. The minimum Gasteiger partial charge on any atom is -0.493 e. The number of benzene rings is 2. The summed E-state index contributed by atoms with van der Waals surface area (Å²) in [7, 11) is 1.74. The van der Waals surface area contributed by atoms with Gasteiger partial charge in [0.2, 0.25) is 0 Å². The first-order valence-electron chi connectivity index (χ1n) is 9.98. The molecule has 7 heteroatoms. The van der Waals surface area contributed by atoms with E-state index in [1.807, 2.05) is 24.4 Å². The van der Waals surface area contributed by atoms with Gasteiger partial charge in [0.1, 0.15) is 5.75 Å². The van der Waals surface area contributed by atoms with E-state index < -0.39 is 0 Å². The maximum atomic E-state index is 13.2. The number of thiophene rings is 1. The summed E-state index contributed by atoms with van der Waals surface area (Å²) in [5, 5.41) is 1.97. The molecule has 31 heavy (non-hydrogen) atoms. The van der Waals surface area contributed by atoms with Crippen LogP contribution >= 0.6 is 11.3 Å². The van der Waals surface area contributed by atoms with Gasteiger partial charge < -0.3 is 9.64 Å². The highest BCUT2D eigenvalue weighted by molar-refractivity contribution is 7.09. The van der Waals surface area contributed by atoms with Gasteiger partial charge >= 0.3 is 0 Å². The van der Waals surface area contributed by atoms with Crippen molar-refractivity contribution in [1.29, 1.82) is 0 Å². The predicted octanol–water partition coefficient (Wildman–Crippen LogP) is 4.22. The van der Waals surface area contributed by atoms with Gasteiger partial charge in [-0.1, -0.05) is 24.3 Å². The van der Waals surface area contributed by atoms with Gasteiger partial charge in [-0.05, 0) is 48.2 Å². The molecule has 0 aliphatic carbocycles. The topological polar surface area (TPSA) is 66.9 Å². The van der Waals surface area contributed by atoms with Gasteiger partial charge in [0.05, 0.1) is 36.4 Å². The molecule has 0 bridgehead atoms. The van der Waals surface area contributed by atoms with Crippen molar-refractivity contribution in [3.63, 3.8) is 0 Å². The Morgan fingerprint density at radius 3 is 2.35 bits per heavy atom. The van der Waals surface area contributed by atoms with Crippen LogP contribution in [0, 0.1) is 0 Å². The van der Waals surface area contributed by atoms with E-state index in [2.05, 4.69) is 0 Å². The smallest absolute Gasteiger partial charge is 0.261 e. The van der Waals surface area contributed by atoms with Crippen molar-refractivity contribution in [3.8, 4) is 5.75 Å². The second-order valence-corrected chi connectivity index (χ2v) is 8.28. The quantitative estimate of drug-likeness (QED) is 0.523. The van der Waals surface area contributed by atoms with Gasteiger partial charge in [-0.15, -0.1) is 11.3 Å². The molecule has 0 spiro atoms. The van der Waals surface area contributed by atoms with E-state index >= 15 is 0 Å². The predicted molar refractivity (Wildman–Crippen MR) is 118 cm³/mol. The van der Waals surface area contributed by atoms with Crippen molar-refractivity contribution in [3.05, 3.63) is 87.1 Å². The molecular weight excluding hydrogens is 412 g/mol. The Bertz CT molecular complexity index is 1110. The number of fused-ring (bicyclic) bond motifs is 1. The standard InChI is InChI=1S/C24H22N2O4S/c1-3-30-21-11-10-16(13-20(21)22(27)25(2)15-17-7-6-12-31-17)14-26-23(28)18-8-4-5-9-19(18)24(26)29/h4-13H,3,14-15H2,1-2H3. The summed E-state index contributed by atoms with van der Waals surface area (Å²) in [5.41, 5.74) is 1.91. The zero-order chi connectivity index (χ0) is 22.0. The summed E-state index contributed by atoms with van der Waals surface area (Å²) in [4.78, 5) is 42.5. The third-order valence-electron chi connectivity index (χ3n) is 5.11. The molecule has 0 unspecified atom stereocenters.